The molecule has 0 spiro atoms. The fourth-order valence-electron chi connectivity index (χ4n) is 3.48. The minimum absolute atomic E-state index is 0.187. The molecule has 1 amide bonds. The van der Waals surface area contributed by atoms with E-state index in [0.29, 0.717) is 29.5 Å². The summed E-state index contributed by atoms with van der Waals surface area (Å²) < 4.78 is 12.7. The molecule has 2 aromatic carbocycles. The lowest BCUT2D eigenvalue weighted by Gasteiger charge is -2.11. The maximum atomic E-state index is 12.7. The Bertz CT molecular complexity index is 1090. The van der Waals surface area contributed by atoms with Gasteiger partial charge in [0.15, 0.2) is 0 Å². The van der Waals surface area contributed by atoms with E-state index in [9.17, 15) is 9.59 Å². The molecule has 6 nitrogen and oxygen atoms in total. The van der Waals surface area contributed by atoms with E-state index in [1.165, 1.54) is 12.8 Å². The number of amides is 1. The van der Waals surface area contributed by atoms with Gasteiger partial charge in [-0.15, -0.1) is 0 Å². The van der Waals surface area contributed by atoms with Crippen molar-refractivity contribution in [1.29, 1.82) is 0 Å². The largest absolute Gasteiger partial charge is 0.493 e. The molecule has 0 unspecified atom stereocenters. The smallest absolute Gasteiger partial charge is 0.354 e. The summed E-state index contributed by atoms with van der Waals surface area (Å²) in [7, 11) is 1.83. The summed E-state index contributed by atoms with van der Waals surface area (Å²) in [6.07, 6.45) is 2.49. The van der Waals surface area contributed by atoms with Crippen molar-refractivity contribution in [3.05, 3.63) is 59.3 Å². The van der Waals surface area contributed by atoms with Crippen LogP contribution in [-0.2, 0) is 11.8 Å². The first kappa shape index (κ1) is 20.0. The van der Waals surface area contributed by atoms with E-state index in [-0.39, 0.29) is 11.9 Å². The average Bonchev–Trinajstić information content (AvgIpc) is 3.51. The van der Waals surface area contributed by atoms with Crippen LogP contribution >= 0.6 is 0 Å². The zero-order valence-electron chi connectivity index (χ0n) is 17.5. The number of fused-ring (bicyclic) bond motifs is 1. The summed E-state index contributed by atoms with van der Waals surface area (Å²) in [5.41, 5.74) is 3.57. The molecule has 1 aliphatic rings. The quantitative estimate of drug-likeness (QED) is 0.577. The molecule has 3 aromatic rings. The molecule has 156 valence electrons. The number of carbonyl (C=O) groups excluding carboxylic acids is 2. The van der Waals surface area contributed by atoms with E-state index >= 15 is 0 Å². The second-order valence-corrected chi connectivity index (χ2v) is 7.71. The van der Waals surface area contributed by atoms with Gasteiger partial charge >= 0.3 is 5.97 Å². The highest BCUT2D eigenvalue weighted by Gasteiger charge is 2.22. The molecule has 1 aromatic heterocycles. The number of benzene rings is 2. The summed E-state index contributed by atoms with van der Waals surface area (Å²) in [5.74, 6) is 0.929. The zero-order chi connectivity index (χ0) is 21.3. The van der Waals surface area contributed by atoms with E-state index in [4.69, 9.17) is 9.47 Å². The molecule has 30 heavy (non-hydrogen) atoms. The average molecular weight is 406 g/mol. The summed E-state index contributed by atoms with van der Waals surface area (Å²) in [5, 5.41) is 3.88. The number of hydrogen-bond acceptors (Lipinski definition) is 4. The van der Waals surface area contributed by atoms with Crippen molar-refractivity contribution in [2.24, 2.45) is 13.0 Å². The Morgan fingerprint density at radius 2 is 1.87 bits per heavy atom. The van der Waals surface area contributed by atoms with Crippen LogP contribution in [0.5, 0.6) is 5.75 Å². The summed E-state index contributed by atoms with van der Waals surface area (Å²) in [6.45, 7) is 4.79. The van der Waals surface area contributed by atoms with Crippen LogP contribution < -0.4 is 10.1 Å². The molecule has 1 aliphatic carbocycles. The van der Waals surface area contributed by atoms with Gasteiger partial charge in [-0.2, -0.15) is 0 Å². The van der Waals surface area contributed by atoms with Crippen LogP contribution in [0.1, 0.15) is 46.2 Å². The Labute approximate surface area is 175 Å². The fourth-order valence-corrected chi connectivity index (χ4v) is 3.48. The number of nitrogens with one attached hydrogen (secondary N) is 1. The molecule has 1 fully saturated rings. The molecule has 1 heterocycles. The third-order valence-electron chi connectivity index (χ3n) is 5.53. The monoisotopic (exact) mass is 406 g/mol. The van der Waals surface area contributed by atoms with Crippen LogP contribution in [0.4, 0.5) is 5.69 Å². The number of ether oxygens (including phenoxy) is 2. The van der Waals surface area contributed by atoms with Gasteiger partial charge < -0.3 is 19.4 Å². The number of anilines is 1. The van der Waals surface area contributed by atoms with E-state index < -0.39 is 0 Å². The molecule has 1 N–H and O–H groups in total. The molecule has 6 heteroatoms. The van der Waals surface area contributed by atoms with Crippen LogP contribution in [0.3, 0.4) is 0 Å². The van der Waals surface area contributed by atoms with Gasteiger partial charge in [-0.25, -0.2) is 4.79 Å². The Balaban J connectivity index is 1.52. The van der Waals surface area contributed by atoms with Gasteiger partial charge in [0.05, 0.1) is 13.2 Å². The summed E-state index contributed by atoms with van der Waals surface area (Å²) in [4.78, 5) is 24.9. The first-order chi connectivity index (χ1) is 14.5. The first-order valence-corrected chi connectivity index (χ1v) is 10.3. The van der Waals surface area contributed by atoms with Gasteiger partial charge in [0.1, 0.15) is 11.4 Å². The Kier molecular flexibility index (Phi) is 5.48. The first-order valence-electron chi connectivity index (χ1n) is 10.3. The number of rotatable bonds is 7. The van der Waals surface area contributed by atoms with Gasteiger partial charge in [0, 0.05) is 29.2 Å². The minimum Gasteiger partial charge on any atom is -0.493 e. The van der Waals surface area contributed by atoms with Crippen molar-refractivity contribution in [3.8, 4) is 5.75 Å². The lowest BCUT2D eigenvalue weighted by Crippen LogP contribution is -2.12. The SMILES string of the molecule is CCOC(=O)c1cc2c(C)c(NC(=O)c3ccc(OCC4CC4)cc3)ccc2n1C. The topological polar surface area (TPSA) is 69.6 Å². The van der Waals surface area contributed by atoms with Crippen molar-refractivity contribution >= 4 is 28.5 Å². The summed E-state index contributed by atoms with van der Waals surface area (Å²) >= 11 is 0. The Morgan fingerprint density at radius 3 is 2.53 bits per heavy atom. The van der Waals surface area contributed by atoms with E-state index in [0.717, 1.165) is 28.8 Å². The van der Waals surface area contributed by atoms with Crippen molar-refractivity contribution in [1.82, 2.24) is 4.57 Å². The highest BCUT2D eigenvalue weighted by atomic mass is 16.5. The lowest BCUT2D eigenvalue weighted by molar-refractivity contribution is 0.0515. The molecule has 4 rings (SSSR count). The van der Waals surface area contributed by atoms with Crippen molar-refractivity contribution < 1.29 is 19.1 Å². The van der Waals surface area contributed by atoms with Gasteiger partial charge in [-0.3, -0.25) is 4.79 Å². The summed E-state index contributed by atoms with van der Waals surface area (Å²) in [6, 6.07) is 12.8. The van der Waals surface area contributed by atoms with Crippen molar-refractivity contribution in [2.75, 3.05) is 18.5 Å². The minimum atomic E-state index is -0.356. The second-order valence-electron chi connectivity index (χ2n) is 7.71. The van der Waals surface area contributed by atoms with Crippen molar-refractivity contribution in [3.63, 3.8) is 0 Å². The molecule has 0 bridgehead atoms. The number of hydrogen-bond donors (Lipinski definition) is 1. The van der Waals surface area contributed by atoms with Gasteiger partial charge in [-0.1, -0.05) is 0 Å². The fraction of sp³-hybridized carbons (Fsp3) is 0.333. The third-order valence-corrected chi connectivity index (χ3v) is 5.53. The second kappa shape index (κ2) is 8.22. The molecular formula is C24H26N2O4. The van der Waals surface area contributed by atoms with Crippen molar-refractivity contribution in [2.45, 2.75) is 26.7 Å². The Hall–Kier alpha value is -3.28. The van der Waals surface area contributed by atoms with Gasteiger partial charge in [0.2, 0.25) is 0 Å². The lowest BCUT2D eigenvalue weighted by atomic mass is 10.1. The maximum absolute atomic E-state index is 12.7. The van der Waals surface area contributed by atoms with Crippen LogP contribution in [0.15, 0.2) is 42.5 Å². The highest BCUT2D eigenvalue weighted by molar-refractivity contribution is 6.06. The predicted octanol–water partition coefficient (Wildman–Crippen LogP) is 4.70. The number of aryl methyl sites for hydroxylation is 2. The van der Waals surface area contributed by atoms with Gasteiger partial charge in [0.25, 0.3) is 5.91 Å². The normalized spacial score (nSPS) is 13.3. The maximum Gasteiger partial charge on any atom is 0.354 e. The van der Waals surface area contributed by atoms with Gasteiger partial charge in [-0.05, 0) is 80.6 Å². The zero-order valence-corrected chi connectivity index (χ0v) is 17.5. The van der Waals surface area contributed by atoms with Crippen LogP contribution in [0.2, 0.25) is 0 Å². The van der Waals surface area contributed by atoms with E-state index in [1.807, 2.05) is 48.9 Å². The number of aromatic nitrogens is 1. The standard InChI is InChI=1S/C24H26N2O4/c1-4-29-24(28)22-13-19-15(2)20(11-12-21(19)26(22)3)25-23(27)17-7-9-18(10-8-17)30-14-16-5-6-16/h7-13,16H,4-6,14H2,1-3H3,(H,25,27). The number of carbonyl (C=O) groups is 2. The van der Waals surface area contributed by atoms with Crippen LogP contribution in [-0.4, -0.2) is 29.7 Å². The molecule has 0 aliphatic heterocycles. The van der Waals surface area contributed by atoms with Crippen LogP contribution in [0, 0.1) is 12.8 Å². The van der Waals surface area contributed by atoms with E-state index in [2.05, 4.69) is 5.32 Å². The van der Waals surface area contributed by atoms with Crippen LogP contribution in [0.25, 0.3) is 10.9 Å². The van der Waals surface area contributed by atoms with E-state index in [1.54, 1.807) is 19.1 Å². The Morgan fingerprint density at radius 1 is 1.13 bits per heavy atom. The molecule has 0 saturated heterocycles. The highest BCUT2D eigenvalue weighted by Crippen LogP contribution is 2.30. The molecule has 1 saturated carbocycles. The predicted molar refractivity (Wildman–Crippen MR) is 116 cm³/mol. The number of esters is 1. The molecular weight excluding hydrogens is 380 g/mol. The number of nitrogens with zero attached hydrogens (tertiary/aromatic N) is 1. The molecule has 0 atom stereocenters. The molecule has 0 radical (unpaired) electrons. The third kappa shape index (κ3) is 4.03.